The van der Waals surface area contributed by atoms with Crippen molar-refractivity contribution < 1.29 is 0 Å². The van der Waals surface area contributed by atoms with Crippen molar-refractivity contribution in [3.63, 3.8) is 0 Å². The van der Waals surface area contributed by atoms with Gasteiger partial charge in [0, 0.05) is 10.9 Å². The molecule has 0 aliphatic rings. The maximum Gasteiger partial charge on any atom is 0.271 e. The SMILES string of the molecule is Cc1ccc(C)c(Cn2cnc3c(-c4ccccc4C)csc3c2=O)c1. The average molecular weight is 360 g/mol. The molecule has 2 heterocycles. The van der Waals surface area contributed by atoms with E-state index in [0.29, 0.717) is 6.54 Å². The standard InChI is InChI=1S/C22H20N2OS/c1-14-8-9-15(2)17(10-14)11-24-13-23-20-19(12-26-21(20)22(24)25)18-7-5-4-6-16(18)3/h4-10,12-13H,11H2,1-3H3. The highest BCUT2D eigenvalue weighted by Crippen LogP contribution is 2.32. The summed E-state index contributed by atoms with van der Waals surface area (Å²) in [5.74, 6) is 0. The Morgan fingerprint density at radius 3 is 2.62 bits per heavy atom. The second-order valence-electron chi connectivity index (χ2n) is 6.75. The second-order valence-corrected chi connectivity index (χ2v) is 7.63. The van der Waals surface area contributed by atoms with Gasteiger partial charge in [-0.1, -0.05) is 48.0 Å². The minimum absolute atomic E-state index is 0.0285. The van der Waals surface area contributed by atoms with Crippen molar-refractivity contribution in [2.24, 2.45) is 0 Å². The van der Waals surface area contributed by atoms with Crippen LogP contribution in [0.15, 0.2) is 59.0 Å². The predicted octanol–water partition coefficient (Wildman–Crippen LogP) is 5.10. The van der Waals surface area contributed by atoms with E-state index >= 15 is 0 Å². The Morgan fingerprint density at radius 2 is 1.81 bits per heavy atom. The van der Waals surface area contributed by atoms with Crippen molar-refractivity contribution in [1.82, 2.24) is 9.55 Å². The molecule has 4 aromatic rings. The van der Waals surface area contributed by atoms with Gasteiger partial charge in [-0.05, 0) is 43.0 Å². The van der Waals surface area contributed by atoms with Crippen LogP contribution in [0.5, 0.6) is 0 Å². The molecule has 0 aliphatic heterocycles. The molecular weight excluding hydrogens is 340 g/mol. The number of hydrogen-bond acceptors (Lipinski definition) is 3. The summed E-state index contributed by atoms with van der Waals surface area (Å²) in [6.45, 7) is 6.78. The lowest BCUT2D eigenvalue weighted by molar-refractivity contribution is 0.745. The van der Waals surface area contributed by atoms with E-state index in [2.05, 4.69) is 56.1 Å². The van der Waals surface area contributed by atoms with Gasteiger partial charge in [-0.25, -0.2) is 4.98 Å². The number of nitrogens with zero attached hydrogens (tertiary/aromatic N) is 2. The molecule has 4 heteroatoms. The summed E-state index contributed by atoms with van der Waals surface area (Å²) < 4.78 is 2.43. The van der Waals surface area contributed by atoms with E-state index in [1.165, 1.54) is 28.0 Å². The lowest BCUT2D eigenvalue weighted by Crippen LogP contribution is -2.20. The summed E-state index contributed by atoms with van der Waals surface area (Å²) in [5.41, 5.74) is 7.74. The maximum absolute atomic E-state index is 13.0. The fourth-order valence-electron chi connectivity index (χ4n) is 3.27. The molecule has 0 saturated carbocycles. The third kappa shape index (κ3) is 2.86. The molecule has 2 aromatic heterocycles. The van der Waals surface area contributed by atoms with Crippen LogP contribution in [0.3, 0.4) is 0 Å². The van der Waals surface area contributed by atoms with Crippen molar-refractivity contribution >= 4 is 21.6 Å². The third-order valence-corrected chi connectivity index (χ3v) is 5.78. The van der Waals surface area contributed by atoms with E-state index < -0.39 is 0 Å². The normalized spacial score (nSPS) is 11.2. The molecule has 0 unspecified atom stereocenters. The van der Waals surface area contributed by atoms with Gasteiger partial charge in [-0.15, -0.1) is 11.3 Å². The van der Waals surface area contributed by atoms with Gasteiger partial charge >= 0.3 is 0 Å². The summed E-state index contributed by atoms with van der Waals surface area (Å²) in [6, 6.07) is 14.5. The number of rotatable bonds is 3. The van der Waals surface area contributed by atoms with Gasteiger partial charge in [-0.3, -0.25) is 9.36 Å². The summed E-state index contributed by atoms with van der Waals surface area (Å²) in [5, 5.41) is 2.05. The van der Waals surface area contributed by atoms with Gasteiger partial charge in [0.25, 0.3) is 5.56 Å². The molecule has 0 N–H and O–H groups in total. The number of fused-ring (bicyclic) bond motifs is 1. The molecule has 0 atom stereocenters. The molecule has 130 valence electrons. The van der Waals surface area contributed by atoms with Crippen molar-refractivity contribution in [2.75, 3.05) is 0 Å². The zero-order valence-electron chi connectivity index (χ0n) is 15.1. The van der Waals surface area contributed by atoms with Gasteiger partial charge in [-0.2, -0.15) is 0 Å². The van der Waals surface area contributed by atoms with Gasteiger partial charge in [0.15, 0.2) is 0 Å². The smallest absolute Gasteiger partial charge is 0.271 e. The first-order chi connectivity index (χ1) is 12.5. The molecule has 0 radical (unpaired) electrons. The molecular formula is C22H20N2OS. The Kier molecular flexibility index (Phi) is 4.21. The highest BCUT2D eigenvalue weighted by atomic mass is 32.1. The molecule has 0 spiro atoms. The minimum atomic E-state index is 0.0285. The molecule has 4 rings (SSSR count). The quantitative estimate of drug-likeness (QED) is 0.509. The fraction of sp³-hybridized carbons (Fsp3) is 0.182. The summed E-state index contributed by atoms with van der Waals surface area (Å²) >= 11 is 1.48. The second kappa shape index (κ2) is 6.54. The first-order valence-corrected chi connectivity index (χ1v) is 9.51. The van der Waals surface area contributed by atoms with Crippen LogP contribution in [-0.4, -0.2) is 9.55 Å². The zero-order valence-corrected chi connectivity index (χ0v) is 15.9. The van der Waals surface area contributed by atoms with Gasteiger partial charge in [0.05, 0.1) is 18.4 Å². The number of benzene rings is 2. The lowest BCUT2D eigenvalue weighted by atomic mass is 10.0. The van der Waals surface area contributed by atoms with Crippen LogP contribution in [0.4, 0.5) is 0 Å². The summed E-state index contributed by atoms with van der Waals surface area (Å²) in [7, 11) is 0. The van der Waals surface area contributed by atoms with Gasteiger partial charge in [0.1, 0.15) is 4.70 Å². The summed E-state index contributed by atoms with van der Waals surface area (Å²) in [4.78, 5) is 17.6. The zero-order chi connectivity index (χ0) is 18.3. The maximum atomic E-state index is 13.0. The number of thiophene rings is 1. The number of aromatic nitrogens is 2. The van der Waals surface area contributed by atoms with Crippen LogP contribution in [0, 0.1) is 20.8 Å². The Bertz CT molecular complexity index is 1170. The average Bonchev–Trinajstić information content (AvgIpc) is 3.05. The minimum Gasteiger partial charge on any atom is -0.294 e. The Morgan fingerprint density at radius 1 is 1.00 bits per heavy atom. The van der Waals surface area contributed by atoms with Crippen LogP contribution in [0.2, 0.25) is 0 Å². The molecule has 0 aliphatic carbocycles. The topological polar surface area (TPSA) is 34.9 Å². The van der Waals surface area contributed by atoms with E-state index in [4.69, 9.17) is 0 Å². The van der Waals surface area contributed by atoms with Crippen LogP contribution < -0.4 is 5.56 Å². The highest BCUT2D eigenvalue weighted by molar-refractivity contribution is 7.17. The van der Waals surface area contributed by atoms with Gasteiger partial charge < -0.3 is 0 Å². The molecule has 0 bridgehead atoms. The first-order valence-electron chi connectivity index (χ1n) is 8.63. The molecule has 0 amide bonds. The van der Waals surface area contributed by atoms with Crippen molar-refractivity contribution in [1.29, 1.82) is 0 Å². The van der Waals surface area contributed by atoms with Crippen LogP contribution in [0.1, 0.15) is 22.3 Å². The van der Waals surface area contributed by atoms with Crippen molar-refractivity contribution in [2.45, 2.75) is 27.3 Å². The van der Waals surface area contributed by atoms with E-state index in [9.17, 15) is 4.79 Å². The molecule has 26 heavy (non-hydrogen) atoms. The van der Waals surface area contributed by atoms with Crippen LogP contribution in [-0.2, 0) is 6.54 Å². The number of hydrogen-bond donors (Lipinski definition) is 0. The predicted molar refractivity (Wildman–Crippen MR) is 109 cm³/mol. The number of aryl methyl sites for hydroxylation is 3. The van der Waals surface area contributed by atoms with Gasteiger partial charge in [0.2, 0.25) is 0 Å². The van der Waals surface area contributed by atoms with E-state index in [1.807, 2.05) is 17.5 Å². The highest BCUT2D eigenvalue weighted by Gasteiger charge is 2.14. The molecule has 0 fully saturated rings. The lowest BCUT2D eigenvalue weighted by Gasteiger charge is -2.10. The van der Waals surface area contributed by atoms with E-state index in [-0.39, 0.29) is 5.56 Å². The van der Waals surface area contributed by atoms with Crippen LogP contribution in [0.25, 0.3) is 21.3 Å². The largest absolute Gasteiger partial charge is 0.294 e. The van der Waals surface area contributed by atoms with Crippen molar-refractivity contribution in [3.05, 3.63) is 86.8 Å². The summed E-state index contributed by atoms with van der Waals surface area (Å²) in [6.07, 6.45) is 1.68. The van der Waals surface area contributed by atoms with Crippen molar-refractivity contribution in [3.8, 4) is 11.1 Å². The fourth-order valence-corrected chi connectivity index (χ4v) is 4.24. The molecule has 3 nitrogen and oxygen atoms in total. The molecule has 0 saturated heterocycles. The van der Waals surface area contributed by atoms with Crippen LogP contribution >= 0.6 is 11.3 Å². The van der Waals surface area contributed by atoms with E-state index in [0.717, 1.165) is 26.9 Å². The third-order valence-electron chi connectivity index (χ3n) is 4.83. The Balaban J connectivity index is 1.81. The molecule has 2 aromatic carbocycles. The Hall–Kier alpha value is -2.72. The Labute approximate surface area is 156 Å². The first kappa shape index (κ1) is 16.7. The van der Waals surface area contributed by atoms with E-state index in [1.54, 1.807) is 10.9 Å². The monoisotopic (exact) mass is 360 g/mol.